The van der Waals surface area contributed by atoms with Crippen molar-refractivity contribution in [2.45, 2.75) is 32.3 Å². The molecule has 18 heavy (non-hydrogen) atoms. The Hall–Kier alpha value is -0.713. The largest absolute Gasteiger partial charge is 0.528 e. The molecule has 1 atom stereocenters. The van der Waals surface area contributed by atoms with Crippen LogP contribution in [0.25, 0.3) is 0 Å². The number of hydrogen-bond donors (Lipinski definition) is 0. The van der Waals surface area contributed by atoms with Gasteiger partial charge in [-0.15, -0.1) is 0 Å². The quantitative estimate of drug-likeness (QED) is 0.450. The third-order valence-corrected chi connectivity index (χ3v) is 4.80. The summed E-state index contributed by atoms with van der Waals surface area (Å²) in [4.78, 5) is 0. The van der Waals surface area contributed by atoms with Crippen LogP contribution in [-0.2, 0) is 18.0 Å². The average Bonchev–Trinajstić information content (AvgIpc) is 2.41. The molecule has 104 valence electrons. The molecule has 1 unspecified atom stereocenters. The van der Waals surface area contributed by atoms with E-state index in [4.69, 9.17) is 23.3 Å². The van der Waals surface area contributed by atoms with Crippen molar-refractivity contribution in [2.24, 2.45) is 0 Å². The lowest BCUT2D eigenvalue weighted by Gasteiger charge is -2.21. The molecule has 6 heteroatoms. The van der Waals surface area contributed by atoms with Gasteiger partial charge in [0.2, 0.25) is 0 Å². The topological polar surface area (TPSA) is 60.7 Å². The van der Waals surface area contributed by atoms with Gasteiger partial charge in [0.25, 0.3) is 0 Å². The third kappa shape index (κ3) is 6.28. The minimum Gasteiger partial charge on any atom is -0.374 e. The molecule has 0 heterocycles. The molecule has 0 fully saturated rings. The highest BCUT2D eigenvalue weighted by Gasteiger charge is 2.34. The molecular weight excluding hydrogens is 250 g/mol. The molecule has 0 saturated carbocycles. The lowest BCUT2D eigenvalue weighted by atomic mass is 10.2. The Morgan fingerprint density at radius 2 is 1.83 bits per heavy atom. The standard InChI is InChI=1S/C12H23NO4Si/c1-5-7-12(17-10-6-9-13)8-11-18(14-2,15-3)16-4/h8,11-12H,5-7,10H2,1-4H3. The van der Waals surface area contributed by atoms with Gasteiger partial charge in [0.15, 0.2) is 0 Å². The lowest BCUT2D eigenvalue weighted by molar-refractivity contribution is 0.0824. The second-order valence-corrected chi connectivity index (χ2v) is 6.45. The maximum Gasteiger partial charge on any atom is 0.528 e. The third-order valence-electron chi connectivity index (χ3n) is 2.49. The van der Waals surface area contributed by atoms with Crippen molar-refractivity contribution in [3.8, 4) is 6.07 Å². The second-order valence-electron chi connectivity index (χ2n) is 3.68. The Balaban J connectivity index is 4.48. The minimum absolute atomic E-state index is 0.0318. The Morgan fingerprint density at radius 3 is 2.28 bits per heavy atom. The molecule has 0 aliphatic rings. The van der Waals surface area contributed by atoms with Crippen LogP contribution >= 0.6 is 0 Å². The predicted octanol–water partition coefficient (Wildman–Crippen LogP) is 2.06. The van der Waals surface area contributed by atoms with E-state index in [-0.39, 0.29) is 6.10 Å². The Bertz CT molecular complexity index is 265. The van der Waals surface area contributed by atoms with E-state index in [1.165, 1.54) is 0 Å². The highest BCUT2D eigenvalue weighted by atomic mass is 28.4. The summed E-state index contributed by atoms with van der Waals surface area (Å²) in [5.41, 5.74) is 1.82. The molecule has 0 aromatic carbocycles. The Labute approximate surface area is 111 Å². The molecule has 0 amide bonds. The summed E-state index contributed by atoms with van der Waals surface area (Å²) in [5, 5.41) is 8.48. The summed E-state index contributed by atoms with van der Waals surface area (Å²) in [6.45, 7) is 2.52. The maximum atomic E-state index is 8.48. The van der Waals surface area contributed by atoms with Gasteiger partial charge in [0.1, 0.15) is 0 Å². The number of hydrogen-bond acceptors (Lipinski definition) is 5. The van der Waals surface area contributed by atoms with Gasteiger partial charge in [-0.25, -0.2) is 0 Å². The van der Waals surface area contributed by atoms with Crippen molar-refractivity contribution in [3.63, 3.8) is 0 Å². The zero-order chi connectivity index (χ0) is 13.9. The van der Waals surface area contributed by atoms with Crippen LogP contribution in [0.4, 0.5) is 0 Å². The summed E-state index contributed by atoms with van der Waals surface area (Å²) < 4.78 is 21.5. The SMILES string of the molecule is CCCC(C=C[Si](OC)(OC)OC)OCCC#N. The van der Waals surface area contributed by atoms with Crippen molar-refractivity contribution < 1.29 is 18.0 Å². The van der Waals surface area contributed by atoms with Crippen LogP contribution in [0.15, 0.2) is 11.8 Å². The van der Waals surface area contributed by atoms with Crippen LogP contribution in [0.2, 0.25) is 0 Å². The van der Waals surface area contributed by atoms with E-state index in [9.17, 15) is 0 Å². The molecular formula is C12H23NO4Si. The average molecular weight is 273 g/mol. The van der Waals surface area contributed by atoms with Crippen LogP contribution in [0.1, 0.15) is 26.2 Å². The molecule has 0 spiro atoms. The lowest BCUT2D eigenvalue weighted by Crippen LogP contribution is -2.41. The van der Waals surface area contributed by atoms with Crippen molar-refractivity contribution >= 4 is 8.80 Å². The van der Waals surface area contributed by atoms with Gasteiger partial charge in [-0.3, -0.25) is 0 Å². The molecule has 5 nitrogen and oxygen atoms in total. The number of nitriles is 1. The van der Waals surface area contributed by atoms with E-state index in [1.54, 1.807) is 21.3 Å². The number of rotatable bonds is 10. The highest BCUT2D eigenvalue weighted by molar-refractivity contribution is 6.66. The van der Waals surface area contributed by atoms with E-state index < -0.39 is 8.80 Å². The molecule has 0 aliphatic heterocycles. The summed E-state index contributed by atoms with van der Waals surface area (Å²) in [6, 6.07) is 2.06. The van der Waals surface area contributed by atoms with Crippen molar-refractivity contribution in [3.05, 3.63) is 11.8 Å². The second kappa shape index (κ2) is 10.2. The summed E-state index contributed by atoms with van der Waals surface area (Å²) >= 11 is 0. The minimum atomic E-state index is -2.68. The summed E-state index contributed by atoms with van der Waals surface area (Å²) in [5.74, 6) is 0. The van der Waals surface area contributed by atoms with E-state index in [2.05, 4.69) is 13.0 Å². The molecule has 0 aliphatic carbocycles. The zero-order valence-electron chi connectivity index (χ0n) is 11.6. The molecule has 0 radical (unpaired) electrons. The van der Waals surface area contributed by atoms with Crippen LogP contribution < -0.4 is 0 Å². The molecule has 0 bridgehead atoms. The first-order chi connectivity index (χ1) is 8.67. The maximum absolute atomic E-state index is 8.48. The van der Waals surface area contributed by atoms with E-state index in [0.717, 1.165) is 12.8 Å². The van der Waals surface area contributed by atoms with Crippen LogP contribution in [-0.4, -0.2) is 42.8 Å². The number of ether oxygens (including phenoxy) is 1. The predicted molar refractivity (Wildman–Crippen MR) is 70.8 cm³/mol. The zero-order valence-corrected chi connectivity index (χ0v) is 12.6. The normalized spacial score (nSPS) is 13.7. The van der Waals surface area contributed by atoms with Gasteiger partial charge >= 0.3 is 8.80 Å². The van der Waals surface area contributed by atoms with Gasteiger partial charge in [-0.2, -0.15) is 5.26 Å². The fourth-order valence-electron chi connectivity index (χ4n) is 1.45. The van der Waals surface area contributed by atoms with Gasteiger partial charge in [0, 0.05) is 21.3 Å². The molecule has 0 rings (SSSR count). The van der Waals surface area contributed by atoms with Gasteiger partial charge in [-0.05, 0) is 12.1 Å². The first kappa shape index (κ1) is 17.3. The number of nitrogens with zero attached hydrogens (tertiary/aromatic N) is 1. The Morgan fingerprint density at radius 1 is 1.22 bits per heavy atom. The first-order valence-electron chi connectivity index (χ1n) is 6.01. The fraction of sp³-hybridized carbons (Fsp3) is 0.750. The monoisotopic (exact) mass is 273 g/mol. The smallest absolute Gasteiger partial charge is 0.374 e. The molecule has 0 aromatic heterocycles. The van der Waals surface area contributed by atoms with Crippen LogP contribution in [0.5, 0.6) is 0 Å². The first-order valence-corrected chi connectivity index (χ1v) is 7.81. The van der Waals surface area contributed by atoms with Gasteiger partial charge in [-0.1, -0.05) is 19.4 Å². The summed E-state index contributed by atoms with van der Waals surface area (Å²) in [6.07, 6.45) is 4.17. The van der Waals surface area contributed by atoms with Crippen LogP contribution in [0.3, 0.4) is 0 Å². The van der Waals surface area contributed by atoms with E-state index in [1.807, 2.05) is 11.8 Å². The van der Waals surface area contributed by atoms with E-state index >= 15 is 0 Å². The van der Waals surface area contributed by atoms with Crippen molar-refractivity contribution in [2.75, 3.05) is 27.9 Å². The van der Waals surface area contributed by atoms with Crippen LogP contribution in [0, 0.1) is 11.3 Å². The van der Waals surface area contributed by atoms with Crippen molar-refractivity contribution in [1.82, 2.24) is 0 Å². The van der Waals surface area contributed by atoms with Gasteiger partial charge < -0.3 is 18.0 Å². The van der Waals surface area contributed by atoms with Gasteiger partial charge in [0.05, 0.1) is 25.2 Å². The highest BCUT2D eigenvalue weighted by Crippen LogP contribution is 2.11. The molecule has 0 N–H and O–H groups in total. The molecule has 0 saturated heterocycles. The van der Waals surface area contributed by atoms with E-state index in [0.29, 0.717) is 13.0 Å². The van der Waals surface area contributed by atoms with Crippen molar-refractivity contribution in [1.29, 1.82) is 5.26 Å². The molecule has 0 aromatic rings. The Kier molecular flexibility index (Phi) is 9.83. The fourth-order valence-corrected chi connectivity index (χ4v) is 2.81. The summed E-state index contributed by atoms with van der Waals surface area (Å²) in [7, 11) is 2.01.